The first-order valence-corrected chi connectivity index (χ1v) is 17.3. The molecule has 41 heavy (non-hydrogen) atoms. The molecule has 11 heteroatoms. The number of halogens is 8. The van der Waals surface area contributed by atoms with Crippen molar-refractivity contribution in [3.8, 4) is 0 Å². The lowest BCUT2D eigenvalue weighted by Crippen LogP contribution is -1.78. The molecule has 0 heterocycles. The van der Waals surface area contributed by atoms with E-state index in [9.17, 15) is 0 Å². The van der Waals surface area contributed by atoms with Crippen LogP contribution < -0.4 is 0 Å². The van der Waals surface area contributed by atoms with Crippen LogP contribution in [-0.2, 0) is 0 Å². The van der Waals surface area contributed by atoms with E-state index in [-0.39, 0.29) is 0 Å². The largest absolute Gasteiger partial charge is 0.143 e. The van der Waals surface area contributed by atoms with E-state index in [4.69, 9.17) is 69.6 Å². The van der Waals surface area contributed by atoms with Crippen molar-refractivity contribution in [1.29, 1.82) is 0 Å². The van der Waals surface area contributed by atoms with Gasteiger partial charge < -0.3 is 0 Å². The normalized spacial score (nSPS) is 10.3. The van der Waals surface area contributed by atoms with Crippen LogP contribution >= 0.6 is 138 Å². The van der Waals surface area contributed by atoms with Gasteiger partial charge >= 0.3 is 0 Å². The van der Waals surface area contributed by atoms with Gasteiger partial charge in [0.1, 0.15) is 0 Å². The molecule has 0 radical (unpaired) electrons. The summed E-state index contributed by atoms with van der Waals surface area (Å²) in [6.07, 6.45) is 0. The summed E-state index contributed by atoms with van der Waals surface area (Å²) in [5.41, 5.74) is 0. The number of benzene rings is 5. The molecule has 0 bridgehead atoms. The molecule has 0 unspecified atom stereocenters. The minimum Gasteiger partial charge on any atom is -0.143 e. The second kappa shape index (κ2) is 18.0. The third-order valence-corrected chi connectivity index (χ3v) is 9.06. The smallest absolute Gasteiger partial charge is 0.0432 e. The van der Waals surface area contributed by atoms with E-state index in [2.05, 4.69) is 62.7 Å². The van der Waals surface area contributed by atoms with E-state index in [0.717, 1.165) is 33.4 Å². The summed E-state index contributed by atoms with van der Waals surface area (Å²) >= 11 is 49.4. The average molecular weight is 847 g/mol. The maximum absolute atomic E-state index is 6.06. The molecule has 212 valence electrons. The number of hydrogen-bond donors (Lipinski definition) is 1. The molecule has 0 saturated heterocycles. The lowest BCUT2D eigenvalue weighted by Gasteiger charge is -2.07. The fourth-order valence-electron chi connectivity index (χ4n) is 3.05. The van der Waals surface area contributed by atoms with Gasteiger partial charge in [0, 0.05) is 63.6 Å². The fraction of sp³-hybridized carbons (Fsp3) is 0. The van der Waals surface area contributed by atoms with E-state index in [1.54, 1.807) is 53.9 Å². The van der Waals surface area contributed by atoms with E-state index in [1.165, 1.54) is 0 Å². The van der Waals surface area contributed by atoms with Crippen molar-refractivity contribution in [1.82, 2.24) is 0 Å². The second-order valence-electron chi connectivity index (χ2n) is 7.96. The second-order valence-corrected chi connectivity index (χ2v) is 15.2. The molecule has 5 aromatic rings. The van der Waals surface area contributed by atoms with Gasteiger partial charge in [-0.3, -0.25) is 0 Å². The highest BCUT2D eigenvalue weighted by molar-refractivity contribution is 9.11. The predicted molar refractivity (Wildman–Crippen MR) is 193 cm³/mol. The standard InChI is InChI=1S/C18H10Cl4S2.C6H4Br2.C6H4Cl2S/c19-11-4-12(20)7-17(6-11)23-15-2-1-3-16(10-15)24-18-8-13(21)5-14(22)9-18;7-5-2-1-3-6(8)4-5;7-4-1-5(8)3-6(9)2-4/h1-10H;1-4H;1-3,9H. The fourth-order valence-corrected chi connectivity index (χ4v) is 8.45. The topological polar surface area (TPSA) is 0 Å². The Morgan fingerprint density at radius 2 is 0.756 bits per heavy atom. The summed E-state index contributed by atoms with van der Waals surface area (Å²) in [4.78, 5) is 4.99. The first kappa shape index (κ1) is 35.3. The Morgan fingerprint density at radius 3 is 1.07 bits per heavy atom. The number of hydrogen-bond acceptors (Lipinski definition) is 3. The summed E-state index contributed by atoms with van der Waals surface area (Å²) < 4.78 is 2.21. The summed E-state index contributed by atoms with van der Waals surface area (Å²) in [5, 5.41) is 3.75. The Morgan fingerprint density at radius 1 is 0.415 bits per heavy atom. The van der Waals surface area contributed by atoms with E-state index in [1.807, 2.05) is 54.6 Å². The van der Waals surface area contributed by atoms with Crippen LogP contribution in [0.4, 0.5) is 0 Å². The molecule has 0 atom stereocenters. The summed E-state index contributed by atoms with van der Waals surface area (Å²) in [6, 6.07) is 32.4. The zero-order valence-corrected chi connectivity index (χ0v) is 30.8. The van der Waals surface area contributed by atoms with Gasteiger partial charge in [0.15, 0.2) is 0 Å². The van der Waals surface area contributed by atoms with Crippen LogP contribution in [0, 0.1) is 0 Å². The molecule has 0 aliphatic rings. The third-order valence-electron chi connectivity index (χ3n) is 4.58. The molecule has 0 amide bonds. The highest BCUT2D eigenvalue weighted by atomic mass is 79.9. The minimum absolute atomic E-state index is 0.618. The van der Waals surface area contributed by atoms with E-state index in [0.29, 0.717) is 30.1 Å². The van der Waals surface area contributed by atoms with Crippen molar-refractivity contribution in [2.24, 2.45) is 0 Å². The van der Waals surface area contributed by atoms with Gasteiger partial charge in [-0.2, -0.15) is 0 Å². The van der Waals surface area contributed by atoms with E-state index < -0.39 is 0 Å². The molecule has 0 aliphatic heterocycles. The summed E-state index contributed by atoms with van der Waals surface area (Å²) in [7, 11) is 0. The Kier molecular flexibility index (Phi) is 15.5. The van der Waals surface area contributed by atoms with Crippen molar-refractivity contribution < 1.29 is 0 Å². The van der Waals surface area contributed by atoms with Gasteiger partial charge in [-0.05, 0) is 91.0 Å². The number of rotatable bonds is 4. The van der Waals surface area contributed by atoms with Crippen LogP contribution in [0.25, 0.3) is 0 Å². The van der Waals surface area contributed by atoms with Crippen LogP contribution in [0.2, 0.25) is 30.1 Å². The zero-order valence-electron chi connectivity index (χ0n) is 20.6. The highest BCUT2D eigenvalue weighted by Gasteiger charge is 2.05. The summed E-state index contributed by atoms with van der Waals surface area (Å²) in [5.74, 6) is 0. The van der Waals surface area contributed by atoms with Crippen LogP contribution in [0.5, 0.6) is 0 Å². The molecule has 0 N–H and O–H groups in total. The Hall–Kier alpha value is -0.150. The Balaban J connectivity index is 0.000000221. The molecule has 5 aromatic carbocycles. The van der Waals surface area contributed by atoms with Gasteiger partial charge in [-0.25, -0.2) is 0 Å². The third kappa shape index (κ3) is 14.0. The Bertz CT molecular complexity index is 1440. The van der Waals surface area contributed by atoms with Crippen molar-refractivity contribution >= 4 is 138 Å². The van der Waals surface area contributed by atoms with Crippen molar-refractivity contribution in [2.75, 3.05) is 0 Å². The van der Waals surface area contributed by atoms with Gasteiger partial charge in [0.05, 0.1) is 0 Å². The first-order chi connectivity index (χ1) is 19.4. The van der Waals surface area contributed by atoms with Gasteiger partial charge in [-0.15, -0.1) is 12.6 Å². The lowest BCUT2D eigenvalue weighted by molar-refractivity contribution is 1.31. The highest BCUT2D eigenvalue weighted by Crippen LogP contribution is 2.37. The molecule has 0 saturated carbocycles. The predicted octanol–water partition coefficient (Wildman–Crippen LogP) is 15.1. The van der Waals surface area contributed by atoms with Crippen molar-refractivity contribution in [3.63, 3.8) is 0 Å². The molecule has 0 aromatic heterocycles. The van der Waals surface area contributed by atoms with Crippen molar-refractivity contribution in [3.05, 3.63) is 142 Å². The first-order valence-electron chi connectivity index (χ1n) is 11.4. The van der Waals surface area contributed by atoms with E-state index >= 15 is 0 Å². The van der Waals surface area contributed by atoms with Gasteiger partial charge in [0.2, 0.25) is 0 Å². The number of thiol groups is 1. The quantitative estimate of drug-likeness (QED) is 0.179. The molecule has 0 nitrogen and oxygen atoms in total. The monoisotopic (exact) mass is 842 g/mol. The molecule has 0 spiro atoms. The maximum atomic E-state index is 6.06. The van der Waals surface area contributed by atoms with Crippen LogP contribution in [-0.4, -0.2) is 0 Å². The summed E-state index contributed by atoms with van der Waals surface area (Å²) in [6.45, 7) is 0. The molecular weight excluding hydrogens is 829 g/mol. The maximum Gasteiger partial charge on any atom is 0.0432 e. The lowest BCUT2D eigenvalue weighted by atomic mass is 10.3. The average Bonchev–Trinajstić information content (AvgIpc) is 2.83. The SMILES string of the molecule is Brc1cccc(Br)c1.Clc1cc(Cl)cc(Sc2cccc(Sc3cc(Cl)cc(Cl)c3)c2)c1.Sc1cc(Cl)cc(Cl)c1. The zero-order chi connectivity index (χ0) is 29.9. The Labute approximate surface area is 301 Å². The van der Waals surface area contributed by atoms with Crippen molar-refractivity contribution in [2.45, 2.75) is 24.5 Å². The molecule has 0 aliphatic carbocycles. The van der Waals surface area contributed by atoms with Gasteiger partial charge in [-0.1, -0.05) is 137 Å². The molecule has 0 fully saturated rings. The molecule has 5 rings (SSSR count). The van der Waals surface area contributed by atoms with Crippen LogP contribution in [0.15, 0.2) is 137 Å². The van der Waals surface area contributed by atoms with Gasteiger partial charge in [0.25, 0.3) is 0 Å². The van der Waals surface area contributed by atoms with Crippen LogP contribution in [0.3, 0.4) is 0 Å². The minimum atomic E-state index is 0.618. The van der Waals surface area contributed by atoms with Crippen LogP contribution in [0.1, 0.15) is 0 Å². The molecular formula is C30H18Br2Cl6S3.